The van der Waals surface area contributed by atoms with Gasteiger partial charge >= 0.3 is 5.97 Å². The molecule has 0 atom stereocenters. The van der Waals surface area contributed by atoms with E-state index in [0.717, 1.165) is 0 Å². The summed E-state index contributed by atoms with van der Waals surface area (Å²) in [6.45, 7) is 0. The second-order valence-corrected chi connectivity index (χ2v) is 2.49. The quantitative estimate of drug-likeness (QED) is 0.668. The number of esters is 1. The number of nitrogens with two attached hydrogens (primary N) is 1. The number of nitrogen functional groups attached to an aromatic ring is 1. The molecule has 0 radical (unpaired) electrons. The molecule has 0 unspecified atom stereocenters. The van der Waals surface area contributed by atoms with Crippen molar-refractivity contribution in [3.8, 4) is 0 Å². The van der Waals surface area contributed by atoms with Crippen LogP contribution in [0.15, 0.2) is 12.3 Å². The SMILES string of the molecule is COC(=O)c1cc(N)ncc1Cl. The van der Waals surface area contributed by atoms with Crippen molar-refractivity contribution in [3.63, 3.8) is 0 Å². The third-order valence-corrected chi connectivity index (χ3v) is 1.58. The maximum absolute atomic E-state index is 11.0. The van der Waals surface area contributed by atoms with Crippen molar-refractivity contribution < 1.29 is 9.53 Å². The van der Waals surface area contributed by atoms with Gasteiger partial charge in [-0.25, -0.2) is 9.78 Å². The Hall–Kier alpha value is -1.29. The van der Waals surface area contributed by atoms with Crippen molar-refractivity contribution in [2.75, 3.05) is 12.8 Å². The predicted octanol–water partition coefficient (Wildman–Crippen LogP) is 1.10. The van der Waals surface area contributed by atoms with E-state index in [4.69, 9.17) is 17.3 Å². The molecule has 0 amide bonds. The van der Waals surface area contributed by atoms with Crippen LogP contribution in [-0.4, -0.2) is 18.1 Å². The number of halogens is 1. The molecule has 4 nitrogen and oxygen atoms in total. The van der Waals surface area contributed by atoms with Gasteiger partial charge in [-0.15, -0.1) is 0 Å². The van der Waals surface area contributed by atoms with Crippen LogP contribution in [-0.2, 0) is 4.74 Å². The molecule has 0 aliphatic carbocycles. The highest BCUT2D eigenvalue weighted by Gasteiger charge is 2.10. The van der Waals surface area contributed by atoms with E-state index < -0.39 is 5.97 Å². The van der Waals surface area contributed by atoms with Crippen LogP contribution < -0.4 is 5.73 Å². The highest BCUT2D eigenvalue weighted by Crippen LogP contribution is 2.16. The van der Waals surface area contributed by atoms with Gasteiger partial charge in [0.1, 0.15) is 5.82 Å². The molecule has 0 fully saturated rings. The number of ether oxygens (including phenoxy) is 1. The fourth-order valence-electron chi connectivity index (χ4n) is 0.721. The Morgan fingerprint density at radius 2 is 2.42 bits per heavy atom. The van der Waals surface area contributed by atoms with E-state index in [9.17, 15) is 4.79 Å². The third-order valence-electron chi connectivity index (χ3n) is 1.28. The van der Waals surface area contributed by atoms with Crippen LogP contribution in [0.25, 0.3) is 0 Å². The van der Waals surface area contributed by atoms with Gasteiger partial charge in [-0.3, -0.25) is 0 Å². The van der Waals surface area contributed by atoms with Crippen molar-refractivity contribution in [1.82, 2.24) is 4.98 Å². The Morgan fingerprint density at radius 3 is 3.00 bits per heavy atom. The van der Waals surface area contributed by atoms with Crippen molar-refractivity contribution >= 4 is 23.4 Å². The summed E-state index contributed by atoms with van der Waals surface area (Å²) in [6.07, 6.45) is 1.31. The van der Waals surface area contributed by atoms with Gasteiger partial charge in [0.15, 0.2) is 0 Å². The fraction of sp³-hybridized carbons (Fsp3) is 0.143. The first-order valence-electron chi connectivity index (χ1n) is 3.14. The second-order valence-electron chi connectivity index (χ2n) is 2.08. The molecule has 12 heavy (non-hydrogen) atoms. The molecular weight excluding hydrogens is 180 g/mol. The molecule has 64 valence electrons. The Bertz CT molecular complexity index is 314. The first kappa shape index (κ1) is 8.80. The van der Waals surface area contributed by atoms with Gasteiger partial charge in [0.05, 0.1) is 17.7 Å². The van der Waals surface area contributed by atoms with Gasteiger partial charge in [-0.05, 0) is 6.07 Å². The molecule has 1 aromatic heterocycles. The number of hydrogen-bond donors (Lipinski definition) is 1. The van der Waals surface area contributed by atoms with E-state index in [1.54, 1.807) is 0 Å². The van der Waals surface area contributed by atoms with Crippen LogP contribution in [0.5, 0.6) is 0 Å². The van der Waals surface area contributed by atoms with Crippen LogP contribution in [0.3, 0.4) is 0 Å². The predicted molar refractivity (Wildman–Crippen MR) is 45.0 cm³/mol. The average molecular weight is 187 g/mol. The number of hydrogen-bond acceptors (Lipinski definition) is 4. The lowest BCUT2D eigenvalue weighted by atomic mass is 10.2. The van der Waals surface area contributed by atoms with Crippen LogP contribution in [0.1, 0.15) is 10.4 Å². The normalized spacial score (nSPS) is 9.50. The molecular formula is C7H7ClN2O2. The topological polar surface area (TPSA) is 65.2 Å². The summed E-state index contributed by atoms with van der Waals surface area (Å²) in [6, 6.07) is 1.37. The molecule has 5 heteroatoms. The first-order valence-corrected chi connectivity index (χ1v) is 3.52. The maximum atomic E-state index is 11.0. The summed E-state index contributed by atoms with van der Waals surface area (Å²) in [7, 11) is 1.27. The minimum Gasteiger partial charge on any atom is -0.465 e. The van der Waals surface area contributed by atoms with Crippen molar-refractivity contribution in [2.45, 2.75) is 0 Å². The summed E-state index contributed by atoms with van der Waals surface area (Å²) >= 11 is 5.65. The number of methoxy groups -OCH3 is 1. The lowest BCUT2D eigenvalue weighted by Crippen LogP contribution is -2.04. The summed E-state index contributed by atoms with van der Waals surface area (Å²) < 4.78 is 4.47. The van der Waals surface area contributed by atoms with Crippen molar-refractivity contribution in [2.24, 2.45) is 0 Å². The van der Waals surface area contributed by atoms with E-state index in [2.05, 4.69) is 9.72 Å². The fourth-order valence-corrected chi connectivity index (χ4v) is 0.902. The Morgan fingerprint density at radius 1 is 1.75 bits per heavy atom. The van der Waals surface area contributed by atoms with Crippen molar-refractivity contribution in [1.29, 1.82) is 0 Å². The van der Waals surface area contributed by atoms with Gasteiger partial charge < -0.3 is 10.5 Å². The van der Waals surface area contributed by atoms with E-state index >= 15 is 0 Å². The van der Waals surface area contributed by atoms with Gasteiger partial charge in [-0.1, -0.05) is 11.6 Å². The average Bonchev–Trinajstić information content (AvgIpc) is 2.08. The Labute approximate surface area is 74.3 Å². The number of aromatic nitrogens is 1. The van der Waals surface area contributed by atoms with Crippen molar-refractivity contribution in [3.05, 3.63) is 22.8 Å². The lowest BCUT2D eigenvalue weighted by Gasteiger charge is -2.01. The standard InChI is InChI=1S/C7H7ClN2O2/c1-12-7(11)4-2-6(9)10-3-5(4)8/h2-3H,1H3,(H2,9,10). The molecule has 1 aromatic rings. The molecule has 0 bridgehead atoms. The largest absolute Gasteiger partial charge is 0.465 e. The van der Waals surface area contributed by atoms with Crippen LogP contribution in [0, 0.1) is 0 Å². The molecule has 0 aliphatic rings. The lowest BCUT2D eigenvalue weighted by molar-refractivity contribution is 0.0601. The number of pyridine rings is 1. The number of carbonyl (C=O) groups excluding carboxylic acids is 1. The summed E-state index contributed by atoms with van der Waals surface area (Å²) in [5, 5.41) is 0.232. The van der Waals surface area contributed by atoms with Crippen LogP contribution >= 0.6 is 11.6 Å². The van der Waals surface area contributed by atoms with Crippen LogP contribution in [0.2, 0.25) is 5.02 Å². The molecule has 0 saturated heterocycles. The second kappa shape index (κ2) is 3.40. The number of carbonyl (C=O) groups is 1. The van der Waals surface area contributed by atoms with Gasteiger partial charge in [0.2, 0.25) is 0 Å². The maximum Gasteiger partial charge on any atom is 0.339 e. The summed E-state index contributed by atoms with van der Waals surface area (Å²) in [5.41, 5.74) is 5.57. The third kappa shape index (κ3) is 1.65. The monoisotopic (exact) mass is 186 g/mol. The molecule has 0 saturated carbocycles. The molecule has 0 spiro atoms. The molecule has 1 rings (SSSR count). The van der Waals surface area contributed by atoms with E-state index in [1.807, 2.05) is 0 Å². The van der Waals surface area contributed by atoms with Crippen LogP contribution in [0.4, 0.5) is 5.82 Å². The Kier molecular flexibility index (Phi) is 2.50. The first-order chi connectivity index (χ1) is 5.65. The van der Waals surface area contributed by atoms with Gasteiger partial charge in [0.25, 0.3) is 0 Å². The van der Waals surface area contributed by atoms with E-state index in [1.165, 1.54) is 19.4 Å². The minimum absolute atomic E-state index is 0.228. The van der Waals surface area contributed by atoms with E-state index in [0.29, 0.717) is 0 Å². The number of rotatable bonds is 1. The zero-order valence-electron chi connectivity index (χ0n) is 6.37. The minimum atomic E-state index is -0.519. The zero-order valence-corrected chi connectivity index (χ0v) is 7.13. The summed E-state index contributed by atoms with van der Waals surface area (Å²) in [4.78, 5) is 14.7. The Balaban J connectivity index is 3.13. The molecule has 0 aliphatic heterocycles. The molecule has 2 N–H and O–H groups in total. The molecule has 1 heterocycles. The highest BCUT2D eigenvalue weighted by atomic mass is 35.5. The number of nitrogens with zero attached hydrogens (tertiary/aromatic N) is 1. The summed E-state index contributed by atoms with van der Waals surface area (Å²) in [5.74, 6) is -0.283. The highest BCUT2D eigenvalue weighted by molar-refractivity contribution is 6.33. The smallest absolute Gasteiger partial charge is 0.339 e. The number of anilines is 1. The molecule has 0 aromatic carbocycles. The zero-order chi connectivity index (χ0) is 9.14. The van der Waals surface area contributed by atoms with Gasteiger partial charge in [0, 0.05) is 6.20 Å². The van der Waals surface area contributed by atoms with E-state index in [-0.39, 0.29) is 16.4 Å². The van der Waals surface area contributed by atoms with Gasteiger partial charge in [-0.2, -0.15) is 0 Å².